The average Bonchev–Trinajstić information content (AvgIpc) is 2.32. The van der Waals surface area contributed by atoms with Crippen molar-refractivity contribution in [3.8, 4) is 0 Å². The third-order valence-corrected chi connectivity index (χ3v) is 2.07. The van der Waals surface area contributed by atoms with Gasteiger partial charge in [-0.05, 0) is 6.07 Å². The number of halogens is 1. The predicted octanol–water partition coefficient (Wildman–Crippen LogP) is 1.20. The van der Waals surface area contributed by atoms with Gasteiger partial charge in [-0.15, -0.1) is 0 Å². The molecule has 0 aliphatic heterocycles. The van der Waals surface area contributed by atoms with E-state index in [0.29, 0.717) is 16.6 Å². The molecule has 0 aliphatic carbocycles. The van der Waals surface area contributed by atoms with Crippen LogP contribution in [-0.4, -0.2) is 14.5 Å². The van der Waals surface area contributed by atoms with Gasteiger partial charge in [0, 0.05) is 13.2 Å². The molecule has 12 heavy (non-hydrogen) atoms. The van der Waals surface area contributed by atoms with Gasteiger partial charge in [0.2, 0.25) is 5.95 Å². The Balaban J connectivity index is 2.95. The molecule has 0 amide bonds. The van der Waals surface area contributed by atoms with Gasteiger partial charge in [-0.2, -0.15) is 0 Å². The Morgan fingerprint density at radius 3 is 3.00 bits per heavy atom. The van der Waals surface area contributed by atoms with Crippen molar-refractivity contribution in [1.82, 2.24) is 14.5 Å². The van der Waals surface area contributed by atoms with E-state index in [2.05, 4.69) is 9.97 Å². The second-order valence-corrected chi connectivity index (χ2v) is 2.86. The maximum atomic E-state index is 5.80. The second-order valence-electron chi connectivity index (χ2n) is 2.50. The molecule has 62 valence electrons. The Kier molecular flexibility index (Phi) is 1.44. The van der Waals surface area contributed by atoms with Gasteiger partial charge in [-0.1, -0.05) is 11.6 Å². The molecule has 0 atom stereocenters. The van der Waals surface area contributed by atoms with Crippen LogP contribution in [0, 0.1) is 0 Å². The van der Waals surface area contributed by atoms with Gasteiger partial charge in [0.1, 0.15) is 5.52 Å². The smallest absolute Gasteiger partial charge is 0.201 e. The zero-order chi connectivity index (χ0) is 8.72. The minimum Gasteiger partial charge on any atom is -0.369 e. The Morgan fingerprint density at radius 2 is 2.33 bits per heavy atom. The summed E-state index contributed by atoms with van der Waals surface area (Å²) in [5, 5.41) is 0.389. The molecule has 0 spiro atoms. The van der Waals surface area contributed by atoms with Crippen LogP contribution in [0.5, 0.6) is 0 Å². The van der Waals surface area contributed by atoms with Crippen molar-refractivity contribution in [1.29, 1.82) is 0 Å². The summed E-state index contributed by atoms with van der Waals surface area (Å²) in [6.45, 7) is 0. The van der Waals surface area contributed by atoms with Gasteiger partial charge in [0.15, 0.2) is 5.15 Å². The number of fused-ring (bicyclic) bond motifs is 1. The molecule has 5 heteroatoms. The summed E-state index contributed by atoms with van der Waals surface area (Å²) in [7, 11) is 1.83. The van der Waals surface area contributed by atoms with Crippen LogP contribution in [0.25, 0.3) is 11.0 Å². The molecule has 0 radical (unpaired) electrons. The van der Waals surface area contributed by atoms with Crippen molar-refractivity contribution >= 4 is 28.6 Å². The molecule has 0 saturated heterocycles. The number of anilines is 1. The molecule has 2 heterocycles. The Bertz CT molecular complexity index is 434. The standard InChI is InChI=1S/C7H7ClN4/c1-12-4-2-3-10-6(8)5(4)11-7(12)9/h2-3H,1H3,(H2,9,11). The first-order valence-electron chi connectivity index (χ1n) is 3.42. The van der Waals surface area contributed by atoms with E-state index < -0.39 is 0 Å². The van der Waals surface area contributed by atoms with Crippen LogP contribution in [-0.2, 0) is 7.05 Å². The van der Waals surface area contributed by atoms with Gasteiger partial charge in [-0.25, -0.2) is 9.97 Å². The number of nitrogens with zero attached hydrogens (tertiary/aromatic N) is 3. The third kappa shape index (κ3) is 0.848. The predicted molar refractivity (Wildman–Crippen MR) is 47.9 cm³/mol. The van der Waals surface area contributed by atoms with E-state index in [1.807, 2.05) is 13.1 Å². The highest BCUT2D eigenvalue weighted by Crippen LogP contribution is 2.21. The van der Waals surface area contributed by atoms with Crippen LogP contribution in [0.2, 0.25) is 5.15 Å². The van der Waals surface area contributed by atoms with Crippen LogP contribution in [0.4, 0.5) is 5.95 Å². The van der Waals surface area contributed by atoms with Crippen LogP contribution in [0.1, 0.15) is 0 Å². The average molecular weight is 183 g/mol. The SMILES string of the molecule is Cn1c(N)nc2c(Cl)nccc21. The van der Waals surface area contributed by atoms with Gasteiger partial charge in [-0.3, -0.25) is 0 Å². The number of aryl methyl sites for hydroxylation is 1. The number of pyridine rings is 1. The summed E-state index contributed by atoms with van der Waals surface area (Å²) in [5.41, 5.74) is 7.13. The molecule has 0 bridgehead atoms. The molecule has 2 aromatic heterocycles. The Labute approximate surface area is 74.0 Å². The lowest BCUT2D eigenvalue weighted by Gasteiger charge is -1.94. The maximum Gasteiger partial charge on any atom is 0.201 e. The molecule has 0 fully saturated rings. The van der Waals surface area contributed by atoms with Crippen molar-refractivity contribution in [3.05, 3.63) is 17.4 Å². The summed E-state index contributed by atoms with van der Waals surface area (Å²) in [4.78, 5) is 7.95. The zero-order valence-corrected chi connectivity index (χ0v) is 7.21. The first-order chi connectivity index (χ1) is 5.70. The van der Waals surface area contributed by atoms with Gasteiger partial charge >= 0.3 is 0 Å². The molecular weight excluding hydrogens is 176 g/mol. The van der Waals surface area contributed by atoms with Gasteiger partial charge in [0.05, 0.1) is 5.52 Å². The molecule has 4 nitrogen and oxygen atoms in total. The van der Waals surface area contributed by atoms with E-state index in [1.165, 1.54) is 0 Å². The summed E-state index contributed by atoms with van der Waals surface area (Å²) in [5.74, 6) is 0.444. The number of nitrogen functional groups attached to an aromatic ring is 1. The topological polar surface area (TPSA) is 56.7 Å². The van der Waals surface area contributed by atoms with Gasteiger partial charge in [0.25, 0.3) is 0 Å². The molecule has 0 aromatic carbocycles. The minimum absolute atomic E-state index is 0.389. The highest BCUT2D eigenvalue weighted by molar-refractivity contribution is 6.33. The van der Waals surface area contributed by atoms with Crippen LogP contribution < -0.4 is 5.73 Å². The maximum absolute atomic E-state index is 5.80. The van der Waals surface area contributed by atoms with Crippen LogP contribution >= 0.6 is 11.6 Å². The fraction of sp³-hybridized carbons (Fsp3) is 0.143. The summed E-state index contributed by atoms with van der Waals surface area (Å²) < 4.78 is 1.77. The molecule has 0 unspecified atom stereocenters. The monoisotopic (exact) mass is 182 g/mol. The number of nitrogens with two attached hydrogens (primary N) is 1. The van der Waals surface area contributed by atoms with E-state index in [1.54, 1.807) is 10.8 Å². The van der Waals surface area contributed by atoms with E-state index >= 15 is 0 Å². The number of hydrogen-bond donors (Lipinski definition) is 1. The fourth-order valence-electron chi connectivity index (χ4n) is 1.11. The Morgan fingerprint density at radius 1 is 1.58 bits per heavy atom. The van der Waals surface area contributed by atoms with Crippen molar-refractivity contribution in [2.24, 2.45) is 7.05 Å². The summed E-state index contributed by atoms with van der Waals surface area (Å²) in [6, 6.07) is 1.82. The lowest BCUT2D eigenvalue weighted by molar-refractivity contribution is 0.965. The first-order valence-corrected chi connectivity index (χ1v) is 3.80. The van der Waals surface area contributed by atoms with Crippen molar-refractivity contribution in [2.75, 3.05) is 5.73 Å². The largest absolute Gasteiger partial charge is 0.369 e. The van der Waals surface area contributed by atoms with Crippen molar-refractivity contribution < 1.29 is 0 Å². The fourth-order valence-corrected chi connectivity index (χ4v) is 1.30. The first kappa shape index (κ1) is 7.36. The van der Waals surface area contributed by atoms with E-state index in [0.717, 1.165) is 5.52 Å². The summed E-state index contributed by atoms with van der Waals surface area (Å²) >= 11 is 5.80. The molecule has 2 aromatic rings. The van der Waals surface area contributed by atoms with E-state index in [9.17, 15) is 0 Å². The lowest BCUT2D eigenvalue weighted by Crippen LogP contribution is -1.95. The van der Waals surface area contributed by atoms with Crippen LogP contribution in [0.3, 0.4) is 0 Å². The molecule has 0 aliphatic rings. The number of aromatic nitrogens is 3. The third-order valence-electron chi connectivity index (χ3n) is 1.79. The van der Waals surface area contributed by atoms with E-state index in [-0.39, 0.29) is 0 Å². The molecule has 2 N–H and O–H groups in total. The molecule has 0 saturated carbocycles. The number of hydrogen-bond acceptors (Lipinski definition) is 3. The highest BCUT2D eigenvalue weighted by atomic mass is 35.5. The number of imidazole rings is 1. The minimum atomic E-state index is 0.389. The second kappa shape index (κ2) is 2.35. The molecule has 2 rings (SSSR count). The van der Waals surface area contributed by atoms with Crippen molar-refractivity contribution in [3.63, 3.8) is 0 Å². The quantitative estimate of drug-likeness (QED) is 0.623. The number of rotatable bonds is 0. The van der Waals surface area contributed by atoms with Gasteiger partial charge < -0.3 is 10.3 Å². The van der Waals surface area contributed by atoms with Crippen molar-refractivity contribution in [2.45, 2.75) is 0 Å². The van der Waals surface area contributed by atoms with Crippen LogP contribution in [0.15, 0.2) is 12.3 Å². The lowest BCUT2D eigenvalue weighted by atomic mass is 10.4. The zero-order valence-electron chi connectivity index (χ0n) is 6.45. The Hall–Kier alpha value is -1.29. The summed E-state index contributed by atoms with van der Waals surface area (Å²) in [6.07, 6.45) is 1.63. The normalized spacial score (nSPS) is 10.8. The highest BCUT2D eigenvalue weighted by Gasteiger charge is 2.07. The van der Waals surface area contributed by atoms with E-state index in [4.69, 9.17) is 17.3 Å². The molecular formula is C7H7ClN4.